The van der Waals surface area contributed by atoms with Crippen LogP contribution in [0.1, 0.15) is 30.7 Å². The Morgan fingerprint density at radius 2 is 2.06 bits per heavy atom. The van der Waals surface area contributed by atoms with Gasteiger partial charge in [-0.05, 0) is 26.0 Å². The van der Waals surface area contributed by atoms with Crippen molar-refractivity contribution in [3.63, 3.8) is 0 Å². The lowest BCUT2D eigenvalue weighted by atomic mass is 9.96. The van der Waals surface area contributed by atoms with Crippen molar-refractivity contribution in [2.24, 2.45) is 5.92 Å². The number of hydrogen-bond acceptors (Lipinski definition) is 5. The first kappa shape index (κ1) is 22.7. The Hall–Kier alpha value is -3.03. The summed E-state index contributed by atoms with van der Waals surface area (Å²) in [6.07, 6.45) is -0.0677. The van der Waals surface area contributed by atoms with Crippen LogP contribution in [-0.2, 0) is 17.8 Å². The summed E-state index contributed by atoms with van der Waals surface area (Å²) in [5.41, 5.74) is 2.02. The minimum Gasteiger partial charge on any atom is -0.468 e. The van der Waals surface area contributed by atoms with Crippen molar-refractivity contribution >= 4 is 17.9 Å². The fourth-order valence-corrected chi connectivity index (χ4v) is 3.36. The molecule has 0 spiro atoms. The standard InChI is InChI=1S/C22H23F3N3O3/c1-13(20(30)15(3)29)7-19-18-11-28(10-17(18)4-5-26-19)9-16-6-14(2)21(27-8-16)31-12-22(23,24)25/h4-6,8,11,13,15,29H,7,9,12H2,1-3H3/q+1. The average Bonchev–Trinajstić information content (AvgIpc) is 3.09. The van der Waals surface area contributed by atoms with Gasteiger partial charge in [-0.1, -0.05) is 6.92 Å². The second kappa shape index (κ2) is 8.99. The first-order chi connectivity index (χ1) is 14.5. The van der Waals surface area contributed by atoms with E-state index in [1.165, 1.54) is 13.1 Å². The number of ether oxygens (including phenoxy) is 1. The normalized spacial score (nSPS) is 14.7. The monoisotopic (exact) mass is 434 g/mol. The van der Waals surface area contributed by atoms with E-state index in [0.717, 1.165) is 21.7 Å². The second-order valence-electron chi connectivity index (χ2n) is 7.64. The van der Waals surface area contributed by atoms with Gasteiger partial charge >= 0.3 is 6.18 Å². The molecule has 2 aromatic rings. The molecule has 0 aromatic carbocycles. The number of nitrogens with zero attached hydrogens (tertiary/aromatic N) is 3. The molecule has 0 fully saturated rings. The fourth-order valence-electron chi connectivity index (χ4n) is 3.36. The Morgan fingerprint density at radius 3 is 2.71 bits per heavy atom. The Labute approximate surface area is 177 Å². The third-order valence-corrected chi connectivity index (χ3v) is 4.83. The van der Waals surface area contributed by atoms with Gasteiger partial charge in [-0.2, -0.15) is 17.7 Å². The van der Waals surface area contributed by atoms with Gasteiger partial charge in [0.2, 0.25) is 5.88 Å². The Bertz CT molecular complexity index is 1150. The van der Waals surface area contributed by atoms with Crippen molar-refractivity contribution in [3.05, 3.63) is 51.8 Å². The first-order valence-electron chi connectivity index (χ1n) is 9.76. The Balaban J connectivity index is 1.76. The number of carbonyl (C=O) groups excluding carboxylic acids is 1. The molecule has 2 atom stereocenters. The molecule has 3 rings (SSSR count). The van der Waals surface area contributed by atoms with Gasteiger partial charge in [0.15, 0.2) is 31.0 Å². The zero-order chi connectivity index (χ0) is 22.8. The molecular formula is C22H23F3N3O3+. The predicted molar refractivity (Wildman–Crippen MR) is 106 cm³/mol. The summed E-state index contributed by atoms with van der Waals surface area (Å²) in [5.74, 6) is 2.56. The largest absolute Gasteiger partial charge is 0.468 e. The van der Waals surface area contributed by atoms with E-state index in [0.29, 0.717) is 18.5 Å². The number of hydrogen-bond donors (Lipinski definition) is 1. The van der Waals surface area contributed by atoms with Gasteiger partial charge in [-0.3, -0.25) is 9.78 Å². The van der Waals surface area contributed by atoms with Crippen molar-refractivity contribution in [1.82, 2.24) is 9.97 Å². The van der Waals surface area contributed by atoms with Crippen molar-refractivity contribution in [2.45, 2.75) is 46.0 Å². The maximum absolute atomic E-state index is 12.3. The highest BCUT2D eigenvalue weighted by Gasteiger charge is 2.29. The van der Waals surface area contributed by atoms with Crippen LogP contribution in [0, 0.1) is 12.8 Å². The van der Waals surface area contributed by atoms with Gasteiger partial charge < -0.3 is 9.84 Å². The molecule has 0 radical (unpaired) electrons. The van der Waals surface area contributed by atoms with Gasteiger partial charge in [-0.25, -0.2) is 4.98 Å². The van der Waals surface area contributed by atoms with Crippen LogP contribution in [0.15, 0.2) is 24.5 Å². The molecule has 0 amide bonds. The second-order valence-corrected chi connectivity index (χ2v) is 7.64. The van der Waals surface area contributed by atoms with Crippen LogP contribution >= 0.6 is 0 Å². The van der Waals surface area contributed by atoms with E-state index in [1.54, 1.807) is 26.1 Å². The van der Waals surface area contributed by atoms with E-state index in [-0.39, 0.29) is 17.6 Å². The molecule has 0 saturated heterocycles. The highest BCUT2D eigenvalue weighted by Crippen LogP contribution is 2.20. The maximum Gasteiger partial charge on any atom is 0.422 e. The molecule has 0 aliphatic carbocycles. The van der Waals surface area contributed by atoms with Crippen molar-refractivity contribution < 1.29 is 32.4 Å². The third-order valence-electron chi connectivity index (χ3n) is 4.83. The molecular weight excluding hydrogens is 411 g/mol. The smallest absolute Gasteiger partial charge is 0.422 e. The van der Waals surface area contributed by atoms with Gasteiger partial charge in [-0.15, -0.1) is 0 Å². The quantitative estimate of drug-likeness (QED) is 0.632. The molecule has 9 heteroatoms. The zero-order valence-corrected chi connectivity index (χ0v) is 17.4. The van der Waals surface area contributed by atoms with Crippen molar-refractivity contribution in [2.75, 3.05) is 6.61 Å². The molecule has 6 nitrogen and oxygen atoms in total. The summed E-state index contributed by atoms with van der Waals surface area (Å²) in [7, 11) is 0. The molecule has 1 N–H and O–H groups in total. The van der Waals surface area contributed by atoms with Crippen LogP contribution in [0.3, 0.4) is 0 Å². The SMILES string of the molecule is Cc1cc(C[N+]2=C=c3ccnc(CC(C)C(=O)C(C)O)c3=C2)cnc1OCC(F)(F)F. The lowest BCUT2D eigenvalue weighted by Gasteiger charge is -2.11. The van der Waals surface area contributed by atoms with Crippen LogP contribution in [0.4, 0.5) is 13.2 Å². The summed E-state index contributed by atoms with van der Waals surface area (Å²) in [6, 6.07) is 3.54. The van der Waals surface area contributed by atoms with Crippen molar-refractivity contribution in [1.29, 1.82) is 0 Å². The lowest BCUT2D eigenvalue weighted by Crippen LogP contribution is -2.32. The van der Waals surface area contributed by atoms with Crippen LogP contribution in [0.5, 0.6) is 5.88 Å². The molecule has 3 heterocycles. The minimum atomic E-state index is -4.42. The van der Waals surface area contributed by atoms with Crippen molar-refractivity contribution in [3.8, 4) is 5.88 Å². The molecule has 1 aliphatic rings. The van der Waals surface area contributed by atoms with Crippen LogP contribution < -0.4 is 15.2 Å². The first-order valence-corrected chi connectivity index (χ1v) is 9.76. The fraction of sp³-hybridized carbons (Fsp3) is 0.409. The van der Waals surface area contributed by atoms with Gasteiger partial charge in [0.25, 0.3) is 0 Å². The molecule has 1 aliphatic heterocycles. The van der Waals surface area contributed by atoms with Gasteiger partial charge in [0, 0.05) is 35.9 Å². The summed E-state index contributed by atoms with van der Waals surface area (Å²) in [4.78, 5) is 20.4. The summed E-state index contributed by atoms with van der Waals surface area (Å²) in [6.45, 7) is 3.87. The molecule has 2 aromatic heterocycles. The minimum absolute atomic E-state index is 0.0500. The number of carbonyl (C=O) groups is 1. The van der Waals surface area contributed by atoms with E-state index in [9.17, 15) is 23.1 Å². The van der Waals surface area contributed by atoms with Crippen LogP contribution in [0.2, 0.25) is 0 Å². The summed E-state index contributed by atoms with van der Waals surface area (Å²) >= 11 is 0. The number of aliphatic hydroxyl groups is 1. The molecule has 0 bridgehead atoms. The number of rotatable bonds is 8. The van der Waals surface area contributed by atoms with E-state index in [1.807, 2.05) is 16.8 Å². The number of alkyl halides is 3. The van der Waals surface area contributed by atoms with E-state index in [2.05, 4.69) is 15.8 Å². The maximum atomic E-state index is 12.3. The highest BCUT2D eigenvalue weighted by atomic mass is 19.4. The van der Waals surface area contributed by atoms with Crippen LogP contribution in [0.25, 0.3) is 6.20 Å². The Kier molecular flexibility index (Phi) is 6.57. The van der Waals surface area contributed by atoms with E-state index >= 15 is 0 Å². The van der Waals surface area contributed by atoms with Crippen LogP contribution in [-0.4, -0.2) is 50.2 Å². The number of Topliss-reactive ketones (excluding diaryl/α,β-unsaturated/α-hetero) is 1. The van der Waals surface area contributed by atoms with E-state index in [4.69, 9.17) is 4.74 Å². The highest BCUT2D eigenvalue weighted by molar-refractivity contribution is 5.84. The van der Waals surface area contributed by atoms with Gasteiger partial charge in [0.05, 0.1) is 16.1 Å². The molecule has 31 heavy (non-hydrogen) atoms. The predicted octanol–water partition coefficient (Wildman–Crippen LogP) is 1.16. The average molecular weight is 434 g/mol. The molecule has 0 saturated carbocycles. The number of aromatic nitrogens is 2. The third kappa shape index (κ3) is 5.77. The molecule has 2 unspecified atom stereocenters. The number of halogens is 3. The zero-order valence-electron chi connectivity index (χ0n) is 17.4. The topological polar surface area (TPSA) is 75.3 Å². The number of pyridine rings is 2. The Morgan fingerprint density at radius 1 is 1.32 bits per heavy atom. The lowest BCUT2D eigenvalue weighted by molar-refractivity contribution is -0.429. The number of ketones is 1. The number of aryl methyl sites for hydroxylation is 1. The molecule has 164 valence electrons. The number of aliphatic hydroxyl groups excluding tert-OH is 1. The number of fused-ring (bicyclic) bond motifs is 1. The van der Waals surface area contributed by atoms with Gasteiger partial charge in [0.1, 0.15) is 6.10 Å². The summed E-state index contributed by atoms with van der Waals surface area (Å²) in [5, 5.41) is 11.2. The summed E-state index contributed by atoms with van der Waals surface area (Å²) < 4.78 is 43.6. The van der Waals surface area contributed by atoms with E-state index < -0.39 is 18.9 Å².